The molecule has 8 nitrogen and oxygen atoms in total. The molecule has 1 aromatic heterocycles. The van der Waals surface area contributed by atoms with E-state index in [2.05, 4.69) is 10.4 Å². The van der Waals surface area contributed by atoms with Crippen molar-refractivity contribution in [2.24, 2.45) is 5.41 Å². The van der Waals surface area contributed by atoms with Crippen molar-refractivity contribution in [1.29, 1.82) is 0 Å². The lowest BCUT2D eigenvalue weighted by Crippen LogP contribution is -2.45. The lowest BCUT2D eigenvalue weighted by Gasteiger charge is -2.36. The van der Waals surface area contributed by atoms with Crippen LogP contribution in [0, 0.1) is 19.3 Å². The van der Waals surface area contributed by atoms with Gasteiger partial charge < -0.3 is 20.3 Å². The van der Waals surface area contributed by atoms with E-state index in [9.17, 15) is 19.8 Å². The molecule has 2 aromatic carbocycles. The molecule has 3 aromatic rings. The van der Waals surface area contributed by atoms with Gasteiger partial charge in [0.15, 0.2) is 5.69 Å². The van der Waals surface area contributed by atoms with Gasteiger partial charge >= 0.3 is 5.97 Å². The zero-order valence-corrected chi connectivity index (χ0v) is 21.7. The maximum absolute atomic E-state index is 13.3. The van der Waals surface area contributed by atoms with Gasteiger partial charge in [-0.15, -0.1) is 0 Å². The average Bonchev–Trinajstić information content (AvgIpc) is 3.21. The Labute approximate surface area is 211 Å². The van der Waals surface area contributed by atoms with E-state index in [0.717, 1.165) is 16.7 Å². The van der Waals surface area contributed by atoms with Gasteiger partial charge in [0.05, 0.1) is 18.2 Å². The molecule has 3 rings (SSSR count). The van der Waals surface area contributed by atoms with E-state index in [-0.39, 0.29) is 24.6 Å². The van der Waals surface area contributed by atoms with Crippen LogP contribution in [0.5, 0.6) is 5.88 Å². The Morgan fingerprint density at radius 3 is 2.31 bits per heavy atom. The number of carboxylic acid groups (broad SMARTS) is 1. The van der Waals surface area contributed by atoms with Crippen LogP contribution in [0.3, 0.4) is 0 Å². The smallest absolute Gasteiger partial charge is 0.305 e. The highest BCUT2D eigenvalue weighted by Gasteiger charge is 2.36. The van der Waals surface area contributed by atoms with E-state index in [1.165, 1.54) is 10.7 Å². The van der Waals surface area contributed by atoms with Gasteiger partial charge in [-0.3, -0.25) is 9.59 Å². The van der Waals surface area contributed by atoms with Gasteiger partial charge in [0.1, 0.15) is 12.2 Å². The van der Waals surface area contributed by atoms with Crippen molar-refractivity contribution in [2.45, 2.75) is 59.6 Å². The molecule has 0 spiro atoms. The number of aryl methyl sites for hydroxylation is 2. The summed E-state index contributed by atoms with van der Waals surface area (Å²) in [5.41, 5.74) is 1.84. The van der Waals surface area contributed by atoms with E-state index in [1.807, 2.05) is 83.1 Å². The fourth-order valence-electron chi connectivity index (χ4n) is 3.63. The molecule has 0 fully saturated rings. The van der Waals surface area contributed by atoms with Crippen LogP contribution in [0.4, 0.5) is 0 Å². The van der Waals surface area contributed by atoms with Crippen molar-refractivity contribution in [1.82, 2.24) is 15.1 Å². The zero-order valence-electron chi connectivity index (χ0n) is 21.7. The van der Waals surface area contributed by atoms with E-state index >= 15 is 0 Å². The molecule has 1 amide bonds. The standard InChI is InChI=1S/C28H35N3O5/c1-18-12-13-21(19(2)14-18)22(16-25(32)33)29-26(34)23-15-24(36-17-28(6,35)27(3,4)5)31(30-23)20-10-8-7-9-11-20/h7-15,22,35H,16-17H2,1-6H3,(H,29,34)(H,32,33)/t22-,28+/m0/s1. The Bertz CT molecular complexity index is 1230. The third kappa shape index (κ3) is 6.31. The summed E-state index contributed by atoms with van der Waals surface area (Å²) in [5.74, 6) is -1.26. The fourth-order valence-corrected chi connectivity index (χ4v) is 3.63. The SMILES string of the molecule is Cc1ccc([C@H](CC(=O)O)NC(=O)c2cc(OC[C@@](C)(O)C(C)(C)C)n(-c3ccccc3)n2)c(C)c1. The van der Waals surface area contributed by atoms with Gasteiger partial charge in [-0.25, -0.2) is 4.68 Å². The van der Waals surface area contributed by atoms with E-state index in [0.29, 0.717) is 5.69 Å². The first-order valence-corrected chi connectivity index (χ1v) is 11.9. The Morgan fingerprint density at radius 1 is 1.06 bits per heavy atom. The number of aliphatic hydroxyl groups is 1. The van der Waals surface area contributed by atoms with Crippen LogP contribution in [0.1, 0.15) is 67.3 Å². The lowest BCUT2D eigenvalue weighted by molar-refractivity contribution is -0.137. The molecule has 2 atom stereocenters. The van der Waals surface area contributed by atoms with Crippen LogP contribution in [-0.2, 0) is 4.79 Å². The highest BCUT2D eigenvalue weighted by molar-refractivity contribution is 5.93. The molecule has 192 valence electrons. The van der Waals surface area contributed by atoms with Crippen molar-refractivity contribution >= 4 is 11.9 Å². The summed E-state index contributed by atoms with van der Waals surface area (Å²) in [6, 6.07) is 15.6. The minimum absolute atomic E-state index is 0.0136. The van der Waals surface area contributed by atoms with E-state index < -0.39 is 28.9 Å². The van der Waals surface area contributed by atoms with Gasteiger partial charge in [-0.2, -0.15) is 5.10 Å². The van der Waals surface area contributed by atoms with Crippen LogP contribution in [0.2, 0.25) is 0 Å². The number of benzene rings is 2. The molecule has 0 unspecified atom stereocenters. The normalized spacial score (nSPS) is 14.1. The molecule has 0 radical (unpaired) electrons. The third-order valence-corrected chi connectivity index (χ3v) is 6.51. The minimum Gasteiger partial charge on any atom is -0.481 e. The lowest BCUT2D eigenvalue weighted by atomic mass is 9.78. The number of para-hydroxylation sites is 1. The first-order chi connectivity index (χ1) is 16.8. The molecule has 1 heterocycles. The molecular weight excluding hydrogens is 458 g/mol. The Morgan fingerprint density at radius 2 is 1.72 bits per heavy atom. The van der Waals surface area contributed by atoms with Gasteiger partial charge in [0, 0.05) is 6.07 Å². The molecule has 0 aliphatic heterocycles. The summed E-state index contributed by atoms with van der Waals surface area (Å²) >= 11 is 0. The number of nitrogens with one attached hydrogen (secondary N) is 1. The first kappa shape index (κ1) is 26.9. The summed E-state index contributed by atoms with van der Waals surface area (Å²) in [7, 11) is 0. The van der Waals surface area contributed by atoms with Crippen LogP contribution in [-0.4, -0.2) is 44.1 Å². The molecule has 8 heteroatoms. The molecule has 0 saturated heterocycles. The van der Waals surface area contributed by atoms with Gasteiger partial charge in [-0.1, -0.05) is 62.7 Å². The molecular formula is C28H35N3O5. The van der Waals surface area contributed by atoms with Crippen molar-refractivity contribution in [2.75, 3.05) is 6.61 Å². The number of aromatic nitrogens is 2. The number of amides is 1. The van der Waals surface area contributed by atoms with Crippen molar-refractivity contribution in [3.05, 3.63) is 77.0 Å². The molecule has 0 saturated carbocycles. The number of hydrogen-bond acceptors (Lipinski definition) is 5. The van der Waals surface area contributed by atoms with E-state index in [1.54, 1.807) is 6.92 Å². The quantitative estimate of drug-likeness (QED) is 0.401. The predicted octanol–water partition coefficient (Wildman–Crippen LogP) is 4.61. The van der Waals surface area contributed by atoms with Crippen molar-refractivity contribution in [3.63, 3.8) is 0 Å². The van der Waals surface area contributed by atoms with Crippen molar-refractivity contribution < 1.29 is 24.5 Å². The number of nitrogens with zero attached hydrogens (tertiary/aromatic N) is 2. The third-order valence-electron chi connectivity index (χ3n) is 6.51. The second-order valence-electron chi connectivity index (χ2n) is 10.4. The second kappa shape index (κ2) is 10.5. The van der Waals surface area contributed by atoms with Crippen LogP contribution in [0.15, 0.2) is 54.6 Å². The van der Waals surface area contributed by atoms with Gasteiger partial charge in [0.2, 0.25) is 5.88 Å². The maximum atomic E-state index is 13.3. The predicted molar refractivity (Wildman–Crippen MR) is 138 cm³/mol. The van der Waals surface area contributed by atoms with Crippen LogP contribution < -0.4 is 10.1 Å². The highest BCUT2D eigenvalue weighted by Crippen LogP contribution is 2.31. The molecule has 0 aliphatic carbocycles. The average molecular weight is 494 g/mol. The van der Waals surface area contributed by atoms with Gasteiger partial charge in [0.25, 0.3) is 5.91 Å². The monoisotopic (exact) mass is 493 g/mol. The number of aliphatic carboxylic acids is 1. The maximum Gasteiger partial charge on any atom is 0.305 e. The Hall–Kier alpha value is -3.65. The number of carbonyl (C=O) groups is 2. The van der Waals surface area contributed by atoms with Crippen LogP contribution in [0.25, 0.3) is 5.69 Å². The summed E-state index contributed by atoms with van der Waals surface area (Å²) < 4.78 is 7.47. The Kier molecular flexibility index (Phi) is 7.89. The number of ether oxygens (including phenoxy) is 1. The summed E-state index contributed by atoms with van der Waals surface area (Å²) in [4.78, 5) is 24.8. The van der Waals surface area contributed by atoms with E-state index in [4.69, 9.17) is 4.74 Å². The number of carboxylic acids is 1. The number of carbonyl (C=O) groups excluding carboxylic acids is 1. The van der Waals surface area contributed by atoms with Crippen LogP contribution >= 0.6 is 0 Å². The minimum atomic E-state index is -1.14. The van der Waals surface area contributed by atoms with Gasteiger partial charge in [-0.05, 0) is 49.4 Å². The number of hydrogen-bond donors (Lipinski definition) is 3. The zero-order chi connectivity index (χ0) is 26.7. The highest BCUT2D eigenvalue weighted by atomic mass is 16.5. The summed E-state index contributed by atoms with van der Waals surface area (Å²) in [6.07, 6.45) is -0.271. The number of rotatable bonds is 9. The molecule has 0 aliphatic rings. The Balaban J connectivity index is 1.93. The topological polar surface area (TPSA) is 114 Å². The molecule has 36 heavy (non-hydrogen) atoms. The first-order valence-electron chi connectivity index (χ1n) is 11.9. The summed E-state index contributed by atoms with van der Waals surface area (Å²) in [5, 5.41) is 27.6. The van der Waals surface area contributed by atoms with Crippen molar-refractivity contribution in [3.8, 4) is 11.6 Å². The molecule has 0 bridgehead atoms. The second-order valence-corrected chi connectivity index (χ2v) is 10.4. The largest absolute Gasteiger partial charge is 0.481 e. The fraction of sp³-hybridized carbons (Fsp3) is 0.393. The molecule has 3 N–H and O–H groups in total. The summed E-state index contributed by atoms with van der Waals surface area (Å²) in [6.45, 7) is 11.3.